The summed E-state index contributed by atoms with van der Waals surface area (Å²) in [5, 5.41) is 24.9. The number of aliphatic hydroxyl groups is 1. The number of nitrogens with one attached hydrogen (secondary N) is 2. The Morgan fingerprint density at radius 2 is 1.45 bits per heavy atom. The van der Waals surface area contributed by atoms with Crippen LogP contribution in [0.15, 0.2) is 128 Å². The zero-order valence-electron chi connectivity index (χ0n) is 34.7. The Hall–Kier alpha value is -6.65. The number of aryl methyl sites for hydroxylation is 1. The summed E-state index contributed by atoms with van der Waals surface area (Å²) in [4.78, 5) is 55.2. The van der Waals surface area contributed by atoms with E-state index in [-0.39, 0.29) is 42.3 Å². The van der Waals surface area contributed by atoms with Crippen LogP contribution in [0.1, 0.15) is 62.4 Å². The van der Waals surface area contributed by atoms with E-state index in [1.165, 1.54) is 0 Å². The van der Waals surface area contributed by atoms with Gasteiger partial charge in [0, 0.05) is 63.6 Å². The monoisotopic (exact) mass is 850 g/mol. The number of amides is 3. The van der Waals surface area contributed by atoms with Gasteiger partial charge in [-0.3, -0.25) is 19.1 Å². The van der Waals surface area contributed by atoms with Crippen molar-refractivity contribution in [1.82, 2.24) is 15.0 Å². The first-order chi connectivity index (χ1) is 29.7. The molecule has 8 rings (SSSR count). The van der Waals surface area contributed by atoms with Gasteiger partial charge in [0.1, 0.15) is 0 Å². The van der Waals surface area contributed by atoms with Gasteiger partial charge in [-0.1, -0.05) is 54.6 Å². The minimum absolute atomic E-state index is 0.132. The summed E-state index contributed by atoms with van der Waals surface area (Å²) in [7, 11) is -3.02. The lowest BCUT2D eigenvalue weighted by molar-refractivity contribution is -0.146. The van der Waals surface area contributed by atoms with Gasteiger partial charge < -0.3 is 41.6 Å². The summed E-state index contributed by atoms with van der Waals surface area (Å²) in [6.45, 7) is 6.16. The number of nitrogens with zero attached hydrogens (tertiary/aromatic N) is 4. The van der Waals surface area contributed by atoms with Crippen LogP contribution in [-0.4, -0.2) is 63.6 Å². The summed E-state index contributed by atoms with van der Waals surface area (Å²) in [6.07, 6.45) is 1.70. The van der Waals surface area contributed by atoms with Gasteiger partial charge in [0.05, 0.1) is 36.6 Å². The molecule has 3 amide bonds. The van der Waals surface area contributed by atoms with E-state index in [9.17, 15) is 19.5 Å². The third-order valence-electron chi connectivity index (χ3n) is 12.1. The molecule has 5 aromatic carbocycles. The molecule has 14 nitrogen and oxygen atoms in total. The second kappa shape index (κ2) is 17.0. The quantitative estimate of drug-likeness (QED) is 0.0548. The fourth-order valence-corrected chi connectivity index (χ4v) is 11.6. The van der Waals surface area contributed by atoms with E-state index in [1.807, 2.05) is 80.8 Å². The number of anilines is 5. The molecule has 3 heterocycles. The van der Waals surface area contributed by atoms with Crippen molar-refractivity contribution in [3.8, 4) is 0 Å². The maximum absolute atomic E-state index is 15.2. The lowest BCUT2D eigenvalue weighted by atomic mass is 9.82. The molecule has 1 unspecified atom stereocenters. The van der Waals surface area contributed by atoms with E-state index in [1.54, 1.807) is 76.3 Å². The van der Waals surface area contributed by atoms with Gasteiger partial charge in [-0.05, 0) is 110 Å². The Balaban J connectivity index is 1.09. The maximum atomic E-state index is 15.2. The minimum Gasteiger partial charge on any atom is -0.432 e. The number of hydrogen-bond donors (Lipinski definition) is 6. The molecule has 2 aliphatic heterocycles. The Bertz CT molecular complexity index is 2580. The number of aromatic nitrogens is 3. The standard InChI is InChI=1S/C47H50N8O6Si/c1-29-43(62(2,3)60)42(23-24-54-27-40(52-53-54)38(28-56)31-7-5-4-6-8-31)61-47(29)39-25-37(51-45(58)33-13-17-35(49)18-14-33)21-22-41(39)55(46(47)59)26-30-9-19-36(20-10-30)50-44(57)32-11-15-34(48)16-12-32/h4-22,25,27,29,38,42-43,56,60H,23-24,26,28,48-49H2,1-3H3,(H,50,57)(H,51,58)/t29-,38?,42+,43-,47+/m0/s1. The number of ether oxygens (including phenoxy) is 1. The SMILES string of the molecule is C[C@H]1[C@H]([Si](C)(C)O)[C@@H](CCn2cc(C(CO)c3ccccc3)nn2)O[C@]12C(=O)N(Cc1ccc(NC(=O)c3ccc(N)cc3)cc1)c1ccc(NC(=O)c3ccc(N)cc3)cc12. The maximum Gasteiger partial charge on any atom is 0.264 e. The summed E-state index contributed by atoms with van der Waals surface area (Å²) >= 11 is 0. The summed E-state index contributed by atoms with van der Waals surface area (Å²) in [6, 6.07) is 35.6. The summed E-state index contributed by atoms with van der Waals surface area (Å²) < 4.78 is 8.82. The number of carbonyl (C=O) groups excluding carboxylic acids is 3. The Labute approximate surface area is 360 Å². The molecule has 0 aliphatic carbocycles. The molecule has 318 valence electrons. The number of fused-ring (bicyclic) bond motifs is 2. The molecule has 15 heteroatoms. The highest BCUT2D eigenvalue weighted by molar-refractivity contribution is 6.71. The number of nitrogen functional groups attached to an aromatic ring is 2. The van der Waals surface area contributed by atoms with Crippen LogP contribution in [-0.2, 0) is 28.2 Å². The predicted molar refractivity (Wildman–Crippen MR) is 241 cm³/mol. The first-order valence-corrected chi connectivity index (χ1v) is 23.6. The lowest BCUT2D eigenvalue weighted by Gasteiger charge is -2.32. The number of benzene rings is 5. The highest BCUT2D eigenvalue weighted by atomic mass is 28.4. The Morgan fingerprint density at radius 1 is 0.855 bits per heavy atom. The van der Waals surface area contributed by atoms with Crippen LogP contribution in [0.4, 0.5) is 28.4 Å². The predicted octanol–water partition coefficient (Wildman–Crippen LogP) is 6.51. The van der Waals surface area contributed by atoms with E-state index in [0.717, 1.165) is 11.1 Å². The zero-order chi connectivity index (χ0) is 43.8. The van der Waals surface area contributed by atoms with Crippen molar-refractivity contribution in [2.75, 3.05) is 33.6 Å². The summed E-state index contributed by atoms with van der Waals surface area (Å²) in [5.41, 5.74) is 16.4. The molecule has 6 aromatic rings. The molecule has 1 fully saturated rings. The van der Waals surface area contributed by atoms with Crippen LogP contribution in [0, 0.1) is 5.92 Å². The van der Waals surface area contributed by atoms with E-state index >= 15 is 4.79 Å². The molecule has 0 bridgehead atoms. The first kappa shape index (κ1) is 42.1. The Morgan fingerprint density at radius 3 is 2.05 bits per heavy atom. The first-order valence-electron chi connectivity index (χ1n) is 20.6. The van der Waals surface area contributed by atoms with E-state index in [4.69, 9.17) is 16.2 Å². The molecular formula is C47H50N8O6Si. The van der Waals surface area contributed by atoms with Gasteiger partial charge in [0.25, 0.3) is 17.7 Å². The van der Waals surface area contributed by atoms with Crippen molar-refractivity contribution < 1.29 is 29.0 Å². The molecule has 62 heavy (non-hydrogen) atoms. The van der Waals surface area contributed by atoms with Gasteiger partial charge in [-0.2, -0.15) is 0 Å². The topological polar surface area (TPSA) is 211 Å². The molecule has 1 spiro atoms. The fraction of sp³-hybridized carbons (Fsp3) is 0.255. The van der Waals surface area contributed by atoms with Crippen LogP contribution >= 0.6 is 0 Å². The van der Waals surface area contributed by atoms with Crippen LogP contribution in [0.25, 0.3) is 0 Å². The molecular weight excluding hydrogens is 801 g/mol. The van der Waals surface area contributed by atoms with Crippen LogP contribution in [0.3, 0.4) is 0 Å². The number of carbonyl (C=O) groups is 3. The molecule has 8 N–H and O–H groups in total. The zero-order valence-corrected chi connectivity index (χ0v) is 35.7. The second-order valence-electron chi connectivity index (χ2n) is 16.7. The van der Waals surface area contributed by atoms with Crippen molar-refractivity contribution in [1.29, 1.82) is 0 Å². The van der Waals surface area contributed by atoms with Crippen molar-refractivity contribution in [3.63, 3.8) is 0 Å². The number of hydrogen-bond acceptors (Lipinski definition) is 10. The molecule has 5 atom stereocenters. The van der Waals surface area contributed by atoms with E-state index in [2.05, 4.69) is 20.9 Å². The van der Waals surface area contributed by atoms with Gasteiger partial charge >= 0.3 is 0 Å². The number of rotatable bonds is 13. The molecule has 1 saturated heterocycles. The second-order valence-corrected chi connectivity index (χ2v) is 20.6. The number of nitrogens with two attached hydrogens (primary N) is 2. The van der Waals surface area contributed by atoms with Crippen molar-refractivity contribution in [2.45, 2.75) is 62.7 Å². The Kier molecular flexibility index (Phi) is 11.5. The van der Waals surface area contributed by atoms with Crippen molar-refractivity contribution >= 4 is 54.5 Å². The number of aliphatic hydroxyl groups excluding tert-OH is 1. The molecule has 1 aromatic heterocycles. The van der Waals surface area contributed by atoms with Gasteiger partial charge in [0.15, 0.2) is 13.9 Å². The molecule has 0 saturated carbocycles. The van der Waals surface area contributed by atoms with Crippen molar-refractivity contribution in [2.24, 2.45) is 5.92 Å². The van der Waals surface area contributed by atoms with Gasteiger partial charge in [0.2, 0.25) is 0 Å². The van der Waals surface area contributed by atoms with Crippen LogP contribution < -0.4 is 27.0 Å². The molecule has 0 radical (unpaired) electrons. The summed E-state index contributed by atoms with van der Waals surface area (Å²) in [5.74, 6) is -1.70. The smallest absolute Gasteiger partial charge is 0.264 e. The highest BCUT2D eigenvalue weighted by Crippen LogP contribution is 2.60. The minimum atomic E-state index is -3.02. The third-order valence-corrected chi connectivity index (χ3v) is 14.6. The lowest BCUT2D eigenvalue weighted by Crippen LogP contribution is -2.46. The van der Waals surface area contributed by atoms with Crippen LogP contribution in [0.2, 0.25) is 18.6 Å². The third kappa shape index (κ3) is 8.22. The van der Waals surface area contributed by atoms with Gasteiger partial charge in [-0.25, -0.2) is 0 Å². The van der Waals surface area contributed by atoms with Gasteiger partial charge in [-0.15, -0.1) is 5.10 Å². The van der Waals surface area contributed by atoms with Crippen molar-refractivity contribution in [3.05, 3.63) is 161 Å². The largest absolute Gasteiger partial charge is 0.432 e. The average Bonchev–Trinajstić information content (AvgIpc) is 3.91. The van der Waals surface area contributed by atoms with Crippen LogP contribution in [0.5, 0.6) is 0 Å². The molecule has 2 aliphatic rings. The normalized spacial score (nSPS) is 20.0. The fourth-order valence-electron chi connectivity index (χ4n) is 9.03. The van der Waals surface area contributed by atoms with E-state index < -0.39 is 25.9 Å². The average molecular weight is 851 g/mol. The highest BCUT2D eigenvalue weighted by Gasteiger charge is 2.66. The van der Waals surface area contributed by atoms with E-state index in [0.29, 0.717) is 63.8 Å².